The number of hydrogen-bond donors (Lipinski definition) is 1. The topological polar surface area (TPSA) is 49.4 Å². The Morgan fingerprint density at radius 3 is 2.86 bits per heavy atom. The van der Waals surface area contributed by atoms with Gasteiger partial charge in [-0.3, -0.25) is 14.5 Å². The van der Waals surface area contributed by atoms with E-state index >= 15 is 0 Å². The van der Waals surface area contributed by atoms with Crippen LogP contribution in [0, 0.1) is 5.82 Å². The molecule has 2 rings (SSSR count). The molecular weight excluding hydrogens is 323 g/mol. The number of nitrogens with zero attached hydrogens (tertiary/aromatic N) is 1. The van der Waals surface area contributed by atoms with Crippen LogP contribution in [0.25, 0.3) is 0 Å². The van der Waals surface area contributed by atoms with E-state index in [1.165, 1.54) is 23.9 Å². The van der Waals surface area contributed by atoms with Crippen molar-refractivity contribution in [2.45, 2.75) is 25.7 Å². The zero-order valence-electron chi connectivity index (χ0n) is 12.0. The number of carbonyl (C=O) groups excluding carboxylic acids is 2. The van der Waals surface area contributed by atoms with Crippen LogP contribution in [0.1, 0.15) is 25.7 Å². The number of hydrogen-bond acceptors (Lipinski definition) is 4. The van der Waals surface area contributed by atoms with Crippen LogP contribution in [0.3, 0.4) is 0 Å². The molecule has 1 saturated heterocycles. The first-order valence-corrected chi connectivity index (χ1v) is 8.48. The molecule has 2 amide bonds. The largest absolute Gasteiger partial charge is 0.326 e. The van der Waals surface area contributed by atoms with Crippen molar-refractivity contribution in [3.05, 3.63) is 30.1 Å². The van der Waals surface area contributed by atoms with E-state index in [1.807, 2.05) is 0 Å². The first-order valence-electron chi connectivity index (χ1n) is 7.09. The standard InChI is InChI=1S/C15H17FN2O2S2/c16-11-5-4-6-12(9-11)17-13(19)7-2-1-3-8-18-14(20)10-22-15(18)21/h4-6,9H,1-3,7-8,10H2,(H,17,19). The average molecular weight is 340 g/mol. The van der Waals surface area contributed by atoms with E-state index in [1.54, 1.807) is 17.0 Å². The smallest absolute Gasteiger partial charge is 0.238 e. The second kappa shape index (κ2) is 8.24. The van der Waals surface area contributed by atoms with E-state index in [-0.39, 0.29) is 17.6 Å². The number of thioether (sulfide) groups is 1. The number of thiocarbonyl (C=S) groups is 1. The van der Waals surface area contributed by atoms with E-state index in [9.17, 15) is 14.0 Å². The first kappa shape index (κ1) is 16.9. The zero-order valence-corrected chi connectivity index (χ0v) is 13.6. The van der Waals surface area contributed by atoms with Crippen molar-refractivity contribution in [1.29, 1.82) is 0 Å². The van der Waals surface area contributed by atoms with Gasteiger partial charge in [0.2, 0.25) is 11.8 Å². The Morgan fingerprint density at radius 2 is 2.18 bits per heavy atom. The lowest BCUT2D eigenvalue weighted by atomic mass is 10.2. The highest BCUT2D eigenvalue weighted by molar-refractivity contribution is 8.23. The summed E-state index contributed by atoms with van der Waals surface area (Å²) in [6.07, 6.45) is 2.76. The predicted octanol–water partition coefficient (Wildman–Crippen LogP) is 3.18. The van der Waals surface area contributed by atoms with Crippen molar-refractivity contribution in [2.24, 2.45) is 0 Å². The van der Waals surface area contributed by atoms with Gasteiger partial charge in [0.1, 0.15) is 10.1 Å². The Hall–Kier alpha value is -1.47. The summed E-state index contributed by atoms with van der Waals surface area (Å²) < 4.78 is 13.6. The quantitative estimate of drug-likeness (QED) is 0.612. The van der Waals surface area contributed by atoms with Gasteiger partial charge in [0.05, 0.1) is 5.75 Å². The third kappa shape index (κ3) is 5.06. The molecule has 0 atom stereocenters. The molecule has 0 saturated carbocycles. The maximum atomic E-state index is 13.0. The van der Waals surface area contributed by atoms with Crippen LogP contribution in [0.2, 0.25) is 0 Å². The summed E-state index contributed by atoms with van der Waals surface area (Å²) in [5.41, 5.74) is 0.468. The lowest BCUT2D eigenvalue weighted by Crippen LogP contribution is -2.29. The lowest BCUT2D eigenvalue weighted by Gasteiger charge is -2.14. The third-order valence-corrected chi connectivity index (χ3v) is 4.67. The van der Waals surface area contributed by atoms with Crippen molar-refractivity contribution in [3.8, 4) is 0 Å². The van der Waals surface area contributed by atoms with Gasteiger partial charge in [-0.1, -0.05) is 36.5 Å². The summed E-state index contributed by atoms with van der Waals surface area (Å²) in [4.78, 5) is 24.9. The van der Waals surface area contributed by atoms with Gasteiger partial charge >= 0.3 is 0 Å². The van der Waals surface area contributed by atoms with Crippen molar-refractivity contribution in [1.82, 2.24) is 4.90 Å². The molecule has 1 aromatic rings. The molecule has 0 radical (unpaired) electrons. The Morgan fingerprint density at radius 1 is 1.36 bits per heavy atom. The molecule has 1 fully saturated rings. The molecule has 0 spiro atoms. The fourth-order valence-electron chi connectivity index (χ4n) is 2.12. The molecule has 22 heavy (non-hydrogen) atoms. The van der Waals surface area contributed by atoms with E-state index in [0.717, 1.165) is 19.3 Å². The van der Waals surface area contributed by atoms with E-state index in [4.69, 9.17) is 12.2 Å². The first-order chi connectivity index (χ1) is 10.6. The average Bonchev–Trinajstić information content (AvgIpc) is 2.78. The summed E-state index contributed by atoms with van der Waals surface area (Å²) in [5, 5.41) is 2.66. The van der Waals surface area contributed by atoms with Crippen LogP contribution in [-0.2, 0) is 9.59 Å². The maximum Gasteiger partial charge on any atom is 0.238 e. The Balaban J connectivity index is 1.61. The van der Waals surface area contributed by atoms with E-state index < -0.39 is 0 Å². The van der Waals surface area contributed by atoms with E-state index in [2.05, 4.69) is 5.32 Å². The van der Waals surface area contributed by atoms with Gasteiger partial charge in [0.25, 0.3) is 0 Å². The number of nitrogens with one attached hydrogen (secondary N) is 1. The number of unbranched alkanes of at least 4 members (excludes halogenated alkanes) is 2. The molecule has 1 N–H and O–H groups in total. The zero-order chi connectivity index (χ0) is 15.9. The number of amides is 2. The molecule has 1 heterocycles. The monoisotopic (exact) mass is 340 g/mol. The maximum absolute atomic E-state index is 13.0. The molecular formula is C15H17FN2O2S2. The number of benzene rings is 1. The Bertz CT molecular complexity index is 564. The van der Waals surface area contributed by atoms with Gasteiger partial charge in [-0.15, -0.1) is 0 Å². The van der Waals surface area contributed by atoms with Crippen LogP contribution in [0.5, 0.6) is 0 Å². The summed E-state index contributed by atoms with van der Waals surface area (Å²) in [7, 11) is 0. The van der Waals surface area contributed by atoms with Crippen LogP contribution < -0.4 is 5.32 Å². The molecule has 118 valence electrons. The lowest BCUT2D eigenvalue weighted by molar-refractivity contribution is -0.124. The fraction of sp³-hybridized carbons (Fsp3) is 0.400. The van der Waals surface area contributed by atoms with Crippen LogP contribution in [-0.4, -0.2) is 33.3 Å². The molecule has 0 aliphatic carbocycles. The van der Waals surface area contributed by atoms with Gasteiger partial charge in [-0.25, -0.2) is 4.39 Å². The summed E-state index contributed by atoms with van der Waals surface area (Å²) in [5.74, 6) is 0.00389. The minimum Gasteiger partial charge on any atom is -0.326 e. The normalized spacial score (nSPS) is 14.5. The minimum absolute atomic E-state index is 0.0684. The van der Waals surface area contributed by atoms with E-state index in [0.29, 0.717) is 28.7 Å². The number of rotatable bonds is 7. The molecule has 1 aliphatic rings. The molecule has 7 heteroatoms. The second-order valence-electron chi connectivity index (χ2n) is 4.97. The van der Waals surface area contributed by atoms with Crippen molar-refractivity contribution in [2.75, 3.05) is 17.6 Å². The molecule has 0 unspecified atom stereocenters. The third-order valence-electron chi connectivity index (χ3n) is 3.23. The van der Waals surface area contributed by atoms with Gasteiger partial charge in [-0.05, 0) is 31.0 Å². The van der Waals surface area contributed by atoms with Crippen LogP contribution >= 0.6 is 24.0 Å². The summed E-state index contributed by atoms with van der Waals surface area (Å²) in [6, 6.07) is 5.82. The molecule has 0 bridgehead atoms. The fourth-order valence-corrected chi connectivity index (χ4v) is 3.24. The van der Waals surface area contributed by atoms with Gasteiger partial charge in [-0.2, -0.15) is 0 Å². The molecule has 1 aromatic carbocycles. The highest BCUT2D eigenvalue weighted by Crippen LogP contribution is 2.20. The number of anilines is 1. The molecule has 1 aliphatic heterocycles. The van der Waals surface area contributed by atoms with Gasteiger partial charge in [0.15, 0.2) is 0 Å². The Kier molecular flexibility index (Phi) is 6.33. The van der Waals surface area contributed by atoms with Crippen molar-refractivity contribution in [3.63, 3.8) is 0 Å². The predicted molar refractivity (Wildman–Crippen MR) is 90.3 cm³/mol. The number of halogens is 1. The summed E-state index contributed by atoms with van der Waals surface area (Å²) >= 11 is 6.49. The van der Waals surface area contributed by atoms with Crippen LogP contribution in [0.4, 0.5) is 10.1 Å². The SMILES string of the molecule is O=C(CCCCCN1C(=O)CSC1=S)Nc1cccc(F)c1. The minimum atomic E-state index is -0.373. The van der Waals surface area contributed by atoms with Crippen molar-refractivity contribution < 1.29 is 14.0 Å². The van der Waals surface area contributed by atoms with Gasteiger partial charge in [0, 0.05) is 18.7 Å². The highest BCUT2D eigenvalue weighted by Gasteiger charge is 2.25. The summed E-state index contributed by atoms with van der Waals surface area (Å²) in [6.45, 7) is 0.621. The van der Waals surface area contributed by atoms with Crippen LogP contribution in [0.15, 0.2) is 24.3 Å². The second-order valence-corrected chi connectivity index (χ2v) is 6.58. The highest BCUT2D eigenvalue weighted by atomic mass is 32.2. The molecule has 4 nitrogen and oxygen atoms in total. The molecule has 0 aromatic heterocycles. The van der Waals surface area contributed by atoms with Crippen molar-refractivity contribution >= 4 is 45.8 Å². The van der Waals surface area contributed by atoms with Gasteiger partial charge < -0.3 is 5.32 Å². The Labute approximate surface area is 138 Å². The number of carbonyl (C=O) groups is 2.